The fourth-order valence-corrected chi connectivity index (χ4v) is 0.914. The van der Waals surface area contributed by atoms with E-state index in [0.29, 0.717) is 0 Å². The molecule has 0 unspecified atom stereocenters. The molecule has 55 valence electrons. The van der Waals surface area contributed by atoms with Crippen molar-refractivity contribution in [1.29, 1.82) is 0 Å². The van der Waals surface area contributed by atoms with Gasteiger partial charge in [0.15, 0.2) is 6.29 Å². The van der Waals surface area contributed by atoms with Crippen LogP contribution >= 0.6 is 0 Å². The van der Waals surface area contributed by atoms with Gasteiger partial charge in [-0.05, 0) is 25.7 Å². The first kappa shape index (κ1) is 8.02. The number of hydrogen-bond donors (Lipinski definition) is 0. The van der Waals surface area contributed by atoms with Gasteiger partial charge in [0, 0.05) is 20.1 Å². The van der Waals surface area contributed by atoms with Crippen LogP contribution in [0.2, 0.25) is 0 Å². The lowest BCUT2D eigenvalue weighted by atomic mass is 10.1. The first-order valence-electron chi connectivity index (χ1n) is 3.15. The normalized spacial score (nSPS) is 20.7. The monoisotopic (exact) mass is 139 g/mol. The molecular formula is C8H11O2. The zero-order valence-electron chi connectivity index (χ0n) is 6.20. The van der Waals surface area contributed by atoms with Gasteiger partial charge in [0.2, 0.25) is 0 Å². The molecule has 2 heteroatoms. The van der Waals surface area contributed by atoms with Gasteiger partial charge >= 0.3 is 0 Å². The Labute approximate surface area is 62.5 Å². The van der Waals surface area contributed by atoms with Gasteiger partial charge in [-0.3, -0.25) is 0 Å². The van der Waals surface area contributed by atoms with E-state index in [9.17, 15) is 0 Å². The maximum Gasteiger partial charge on any atom is 0.163 e. The smallest absolute Gasteiger partial charge is 0.163 e. The molecule has 0 amide bonds. The van der Waals surface area contributed by atoms with Crippen LogP contribution in [-0.2, 0) is 9.47 Å². The highest BCUT2D eigenvalue weighted by Crippen LogP contribution is 2.27. The SMILES string of the molecule is COC(OC)[C]1[CH][CH][CH][CH]1. The number of methoxy groups -OCH3 is 2. The molecule has 0 aromatic carbocycles. The predicted octanol–water partition coefficient (Wildman–Crippen LogP) is 1.01. The van der Waals surface area contributed by atoms with Crippen LogP contribution in [0.3, 0.4) is 0 Å². The predicted molar refractivity (Wildman–Crippen MR) is 38.2 cm³/mol. The average Bonchev–Trinajstić information content (AvgIpc) is 2.43. The maximum absolute atomic E-state index is 5.02. The second-order valence-corrected chi connectivity index (χ2v) is 2.02. The van der Waals surface area contributed by atoms with Crippen molar-refractivity contribution in [1.82, 2.24) is 0 Å². The van der Waals surface area contributed by atoms with Crippen molar-refractivity contribution in [3.05, 3.63) is 31.6 Å². The van der Waals surface area contributed by atoms with Gasteiger partial charge in [0.1, 0.15) is 0 Å². The molecule has 0 N–H and O–H groups in total. The molecule has 1 aliphatic carbocycles. The summed E-state index contributed by atoms with van der Waals surface area (Å²) in [5.74, 6) is 1.06. The van der Waals surface area contributed by atoms with Gasteiger partial charge in [0.05, 0.1) is 0 Å². The van der Waals surface area contributed by atoms with Crippen LogP contribution in [0.15, 0.2) is 0 Å². The van der Waals surface area contributed by atoms with Crippen LogP contribution in [0.5, 0.6) is 0 Å². The number of rotatable bonds is 3. The Morgan fingerprint density at radius 1 is 1.10 bits per heavy atom. The minimum Gasteiger partial charge on any atom is -0.355 e. The zero-order valence-corrected chi connectivity index (χ0v) is 6.20. The molecular weight excluding hydrogens is 128 g/mol. The van der Waals surface area contributed by atoms with E-state index in [-0.39, 0.29) is 6.29 Å². The number of hydrogen-bond acceptors (Lipinski definition) is 2. The van der Waals surface area contributed by atoms with Crippen molar-refractivity contribution >= 4 is 0 Å². The fraction of sp³-hybridized carbons (Fsp3) is 0.375. The maximum atomic E-state index is 5.02. The van der Waals surface area contributed by atoms with Crippen LogP contribution in [0.1, 0.15) is 0 Å². The van der Waals surface area contributed by atoms with Gasteiger partial charge in [-0.1, -0.05) is 0 Å². The second kappa shape index (κ2) is 3.94. The summed E-state index contributed by atoms with van der Waals surface area (Å²) in [5, 5.41) is 0. The highest BCUT2D eigenvalue weighted by Gasteiger charge is 2.25. The molecule has 0 saturated heterocycles. The average molecular weight is 139 g/mol. The van der Waals surface area contributed by atoms with E-state index in [1.165, 1.54) is 0 Å². The molecule has 0 spiro atoms. The Hall–Kier alpha value is -0.0800. The summed E-state index contributed by atoms with van der Waals surface area (Å²) < 4.78 is 10.0. The molecule has 0 aliphatic heterocycles. The van der Waals surface area contributed by atoms with Gasteiger partial charge in [-0.2, -0.15) is 0 Å². The first-order chi connectivity index (χ1) is 4.88. The second-order valence-electron chi connectivity index (χ2n) is 2.02. The van der Waals surface area contributed by atoms with Gasteiger partial charge in [0.25, 0.3) is 0 Å². The fourth-order valence-electron chi connectivity index (χ4n) is 0.914. The highest BCUT2D eigenvalue weighted by atomic mass is 16.7. The van der Waals surface area contributed by atoms with Gasteiger partial charge in [-0.25, -0.2) is 0 Å². The van der Waals surface area contributed by atoms with E-state index in [1.807, 2.05) is 25.7 Å². The topological polar surface area (TPSA) is 18.5 Å². The third-order valence-corrected chi connectivity index (χ3v) is 1.39. The molecule has 5 radical (unpaired) electrons. The van der Waals surface area contributed by atoms with Crippen molar-refractivity contribution < 1.29 is 9.47 Å². The molecule has 0 bridgehead atoms. The van der Waals surface area contributed by atoms with E-state index in [1.54, 1.807) is 14.2 Å². The van der Waals surface area contributed by atoms with Crippen molar-refractivity contribution in [2.45, 2.75) is 6.29 Å². The van der Waals surface area contributed by atoms with Crippen LogP contribution in [0.25, 0.3) is 0 Å². The standard InChI is InChI=1S/C8H11O2/c1-9-8(10-2)7-5-3-4-6-7/h3-6,8H,1-2H3. The summed E-state index contributed by atoms with van der Waals surface area (Å²) in [6, 6.07) is 0. The van der Waals surface area contributed by atoms with E-state index in [2.05, 4.69) is 0 Å². The molecule has 2 nitrogen and oxygen atoms in total. The van der Waals surface area contributed by atoms with E-state index in [4.69, 9.17) is 9.47 Å². The van der Waals surface area contributed by atoms with Crippen molar-refractivity contribution in [2.75, 3.05) is 14.2 Å². The molecule has 1 rings (SSSR count). The molecule has 10 heavy (non-hydrogen) atoms. The Morgan fingerprint density at radius 3 is 2.00 bits per heavy atom. The first-order valence-corrected chi connectivity index (χ1v) is 3.15. The largest absolute Gasteiger partial charge is 0.355 e. The lowest BCUT2D eigenvalue weighted by Crippen LogP contribution is -2.21. The molecule has 1 saturated carbocycles. The molecule has 0 atom stereocenters. The Kier molecular flexibility index (Phi) is 3.16. The van der Waals surface area contributed by atoms with Gasteiger partial charge in [-0.15, -0.1) is 0 Å². The van der Waals surface area contributed by atoms with Crippen LogP contribution < -0.4 is 0 Å². The molecule has 0 aromatic heterocycles. The van der Waals surface area contributed by atoms with Crippen molar-refractivity contribution in [3.8, 4) is 0 Å². The molecule has 0 aromatic rings. The highest BCUT2D eigenvalue weighted by molar-refractivity contribution is 5.36. The van der Waals surface area contributed by atoms with Gasteiger partial charge < -0.3 is 9.47 Å². The summed E-state index contributed by atoms with van der Waals surface area (Å²) in [6.45, 7) is 0. The molecule has 1 fully saturated rings. The number of ether oxygens (including phenoxy) is 2. The quantitative estimate of drug-likeness (QED) is 0.543. The zero-order chi connectivity index (χ0) is 7.40. The summed E-state index contributed by atoms with van der Waals surface area (Å²) in [4.78, 5) is 0. The van der Waals surface area contributed by atoms with Crippen molar-refractivity contribution in [3.63, 3.8) is 0 Å². The summed E-state index contributed by atoms with van der Waals surface area (Å²) in [5.41, 5.74) is 0. The third kappa shape index (κ3) is 1.70. The summed E-state index contributed by atoms with van der Waals surface area (Å²) >= 11 is 0. The lowest BCUT2D eigenvalue weighted by molar-refractivity contribution is -0.0848. The summed E-state index contributed by atoms with van der Waals surface area (Å²) in [6.07, 6.45) is 7.64. The van der Waals surface area contributed by atoms with Crippen LogP contribution in [0.4, 0.5) is 0 Å². The van der Waals surface area contributed by atoms with Crippen LogP contribution in [0, 0.1) is 31.6 Å². The van der Waals surface area contributed by atoms with Crippen molar-refractivity contribution in [2.24, 2.45) is 0 Å². The van der Waals surface area contributed by atoms with E-state index < -0.39 is 0 Å². The Balaban J connectivity index is 2.29. The van der Waals surface area contributed by atoms with E-state index >= 15 is 0 Å². The summed E-state index contributed by atoms with van der Waals surface area (Å²) in [7, 11) is 3.25. The molecule has 0 heterocycles. The third-order valence-electron chi connectivity index (χ3n) is 1.39. The molecule has 1 aliphatic rings. The van der Waals surface area contributed by atoms with Crippen LogP contribution in [-0.4, -0.2) is 20.5 Å². The lowest BCUT2D eigenvalue weighted by Gasteiger charge is -2.18. The minimum atomic E-state index is -0.213. The Morgan fingerprint density at radius 2 is 1.60 bits per heavy atom. The van der Waals surface area contributed by atoms with E-state index in [0.717, 1.165) is 5.92 Å². The minimum absolute atomic E-state index is 0.213. The Bertz CT molecular complexity index is 83.3.